The highest BCUT2D eigenvalue weighted by Gasteiger charge is 2.25. The molecule has 0 bridgehead atoms. The monoisotopic (exact) mass is 420 g/mol. The average molecular weight is 420 g/mol. The summed E-state index contributed by atoms with van der Waals surface area (Å²) in [6.45, 7) is 5.28. The van der Waals surface area contributed by atoms with Crippen LogP contribution in [0.2, 0.25) is 0 Å². The van der Waals surface area contributed by atoms with Crippen molar-refractivity contribution < 1.29 is 22.7 Å². The molecule has 10 heteroatoms. The molecule has 0 radical (unpaired) electrons. The number of ether oxygens (including phenoxy) is 1. The molecule has 1 saturated heterocycles. The van der Waals surface area contributed by atoms with E-state index in [0.29, 0.717) is 37.4 Å². The summed E-state index contributed by atoms with van der Waals surface area (Å²) in [5.74, 6) is -0.849. The molecule has 156 valence electrons. The second-order valence-electron chi connectivity index (χ2n) is 6.90. The molecule has 0 saturated carbocycles. The van der Waals surface area contributed by atoms with Gasteiger partial charge < -0.3 is 14.5 Å². The first-order chi connectivity index (χ1) is 13.7. The number of rotatable bonds is 5. The Kier molecular flexibility index (Phi) is 6.21. The predicted molar refractivity (Wildman–Crippen MR) is 109 cm³/mol. The van der Waals surface area contributed by atoms with Gasteiger partial charge in [0.15, 0.2) is 6.61 Å². The number of carbonyl (C=O) groups excluding carboxylic acids is 2. The molecule has 9 nitrogen and oxygen atoms in total. The van der Waals surface area contributed by atoms with Crippen molar-refractivity contribution in [3.8, 4) is 0 Å². The Morgan fingerprint density at radius 2 is 1.76 bits per heavy atom. The van der Waals surface area contributed by atoms with E-state index in [4.69, 9.17) is 4.74 Å². The lowest BCUT2D eigenvalue weighted by Crippen LogP contribution is -2.49. The molecule has 1 amide bonds. The van der Waals surface area contributed by atoms with E-state index in [1.165, 1.54) is 6.92 Å². The lowest BCUT2D eigenvalue weighted by molar-refractivity contribution is -0.151. The molecule has 1 aromatic rings. The van der Waals surface area contributed by atoms with E-state index < -0.39 is 16.2 Å². The van der Waals surface area contributed by atoms with Crippen molar-refractivity contribution in [3.63, 3.8) is 0 Å². The highest BCUT2D eigenvalue weighted by Crippen LogP contribution is 2.18. The van der Waals surface area contributed by atoms with E-state index in [0.717, 1.165) is 5.69 Å². The Balaban J connectivity index is 1.46. The van der Waals surface area contributed by atoms with Crippen LogP contribution >= 0.6 is 0 Å². The lowest BCUT2D eigenvalue weighted by Gasteiger charge is -2.36. The smallest absolute Gasteiger partial charge is 0.342 e. The maximum absolute atomic E-state index is 12.4. The molecule has 2 aliphatic rings. The Hall–Kier alpha value is -2.88. The van der Waals surface area contributed by atoms with Crippen LogP contribution in [0.4, 0.5) is 5.69 Å². The number of hydrogen-bond acceptors (Lipinski definition) is 6. The van der Waals surface area contributed by atoms with Crippen LogP contribution in [-0.2, 0) is 24.5 Å². The molecule has 29 heavy (non-hydrogen) atoms. The number of nitrogens with one attached hydrogen (secondary N) is 1. The zero-order chi connectivity index (χ0) is 21.0. The zero-order valence-electron chi connectivity index (χ0n) is 16.4. The minimum absolute atomic E-state index is 0.154. The number of benzene rings is 1. The van der Waals surface area contributed by atoms with Gasteiger partial charge in [0.1, 0.15) is 0 Å². The predicted octanol–water partition coefficient (Wildman–Crippen LogP) is 0.851. The Bertz CT molecular complexity index is 948. The fourth-order valence-corrected chi connectivity index (χ4v) is 4.35. The number of anilines is 1. The van der Waals surface area contributed by atoms with Gasteiger partial charge in [-0.05, 0) is 26.0 Å². The number of nitrogens with zero attached hydrogens (tertiary/aromatic N) is 3. The van der Waals surface area contributed by atoms with Crippen molar-refractivity contribution in [2.45, 2.75) is 20.3 Å². The van der Waals surface area contributed by atoms with Gasteiger partial charge in [0.05, 0.1) is 12.1 Å². The molecule has 1 N–H and O–H groups in total. The summed E-state index contributed by atoms with van der Waals surface area (Å²) in [5, 5.41) is 0. The van der Waals surface area contributed by atoms with Crippen molar-refractivity contribution in [2.24, 2.45) is 4.40 Å². The summed E-state index contributed by atoms with van der Waals surface area (Å²) in [5.41, 5.74) is 2.14. The molecule has 0 aromatic heterocycles. The van der Waals surface area contributed by atoms with Crippen molar-refractivity contribution in [1.82, 2.24) is 9.62 Å². The first-order valence-electron chi connectivity index (χ1n) is 9.28. The van der Waals surface area contributed by atoms with E-state index in [-0.39, 0.29) is 24.6 Å². The van der Waals surface area contributed by atoms with E-state index in [1.54, 1.807) is 11.8 Å². The third-order valence-electron chi connectivity index (χ3n) is 4.86. The highest BCUT2D eigenvalue weighted by molar-refractivity contribution is 7.88. The van der Waals surface area contributed by atoms with Crippen LogP contribution in [-0.4, -0.2) is 63.7 Å². The van der Waals surface area contributed by atoms with Crippen LogP contribution in [0.15, 0.2) is 46.0 Å². The number of hydrogen-bond donors (Lipinski definition) is 1. The van der Waals surface area contributed by atoms with E-state index in [1.807, 2.05) is 30.3 Å². The number of carbonyl (C=O) groups is 2. The summed E-state index contributed by atoms with van der Waals surface area (Å²) < 4.78 is 33.9. The standard InChI is InChI=1S/C19H24N4O5S/c1-14-17(15(2)21-29(26,27)20-14)12-19(25)28-13-18(24)23-10-8-22(9-11-23)16-6-4-3-5-7-16/h3-7,20H,8-13H2,1-2H3. The van der Waals surface area contributed by atoms with E-state index in [9.17, 15) is 18.0 Å². The fourth-order valence-electron chi connectivity index (χ4n) is 3.33. The van der Waals surface area contributed by atoms with Gasteiger partial charge in [-0.2, -0.15) is 8.42 Å². The molecule has 1 fully saturated rings. The van der Waals surface area contributed by atoms with Gasteiger partial charge in [-0.1, -0.05) is 18.2 Å². The first kappa shape index (κ1) is 20.8. The number of amides is 1. The van der Waals surface area contributed by atoms with Gasteiger partial charge in [0.25, 0.3) is 5.91 Å². The fraction of sp³-hybridized carbons (Fsp3) is 0.421. The summed E-state index contributed by atoms with van der Waals surface area (Å²) >= 11 is 0. The maximum Gasteiger partial charge on any atom is 0.342 e. The first-order valence-corrected chi connectivity index (χ1v) is 10.7. The van der Waals surface area contributed by atoms with Gasteiger partial charge in [-0.25, -0.2) is 0 Å². The third kappa shape index (κ3) is 5.35. The Morgan fingerprint density at radius 3 is 2.38 bits per heavy atom. The quantitative estimate of drug-likeness (QED) is 0.708. The summed E-state index contributed by atoms with van der Waals surface area (Å²) in [6.07, 6.45) is -0.154. The number of esters is 1. The Morgan fingerprint density at radius 1 is 1.10 bits per heavy atom. The number of para-hydroxylation sites is 1. The molecular weight excluding hydrogens is 396 g/mol. The third-order valence-corrected chi connectivity index (χ3v) is 5.94. The molecule has 0 spiro atoms. The van der Waals surface area contributed by atoms with Crippen LogP contribution in [0.1, 0.15) is 20.3 Å². The van der Waals surface area contributed by atoms with Crippen LogP contribution in [0.25, 0.3) is 0 Å². The van der Waals surface area contributed by atoms with Crippen LogP contribution in [0, 0.1) is 0 Å². The van der Waals surface area contributed by atoms with E-state index >= 15 is 0 Å². The van der Waals surface area contributed by atoms with Gasteiger partial charge in [-0.3, -0.25) is 14.3 Å². The van der Waals surface area contributed by atoms with Crippen LogP contribution in [0.3, 0.4) is 0 Å². The van der Waals surface area contributed by atoms with Crippen LogP contribution in [0.5, 0.6) is 0 Å². The molecular formula is C19H24N4O5S. The average Bonchev–Trinajstić information content (AvgIpc) is 2.69. The van der Waals surface area contributed by atoms with Crippen molar-refractivity contribution in [1.29, 1.82) is 0 Å². The van der Waals surface area contributed by atoms with Gasteiger partial charge >= 0.3 is 16.2 Å². The second kappa shape index (κ2) is 8.64. The highest BCUT2D eigenvalue weighted by atomic mass is 32.2. The van der Waals surface area contributed by atoms with Gasteiger partial charge in [0, 0.05) is 43.1 Å². The molecule has 0 atom stereocenters. The molecule has 3 rings (SSSR count). The summed E-state index contributed by atoms with van der Waals surface area (Å²) in [7, 11) is -3.75. The van der Waals surface area contributed by atoms with Crippen molar-refractivity contribution in [2.75, 3.05) is 37.7 Å². The minimum atomic E-state index is -3.75. The van der Waals surface area contributed by atoms with Crippen molar-refractivity contribution >= 4 is 33.5 Å². The van der Waals surface area contributed by atoms with Crippen molar-refractivity contribution in [3.05, 3.63) is 41.6 Å². The normalized spacial score (nSPS) is 18.8. The second-order valence-corrected chi connectivity index (χ2v) is 8.24. The summed E-state index contributed by atoms with van der Waals surface area (Å²) in [6, 6.07) is 9.99. The molecule has 2 aliphatic heterocycles. The SMILES string of the molecule is CC1=NS(=O)(=O)NC(C)=C1CC(=O)OCC(=O)N1CCN(c2ccccc2)CC1. The zero-order valence-corrected chi connectivity index (χ0v) is 17.2. The van der Waals surface area contributed by atoms with Gasteiger partial charge in [-0.15, -0.1) is 4.40 Å². The topological polar surface area (TPSA) is 108 Å². The molecule has 0 unspecified atom stereocenters. The number of allylic oxidation sites excluding steroid dienone is 1. The maximum atomic E-state index is 12.4. The minimum Gasteiger partial charge on any atom is -0.455 e. The van der Waals surface area contributed by atoms with E-state index in [2.05, 4.69) is 14.0 Å². The lowest BCUT2D eigenvalue weighted by atomic mass is 10.1. The Labute approximate surface area is 170 Å². The molecule has 1 aromatic carbocycles. The van der Waals surface area contributed by atoms with Gasteiger partial charge in [0.2, 0.25) is 0 Å². The molecule has 0 aliphatic carbocycles. The summed E-state index contributed by atoms with van der Waals surface area (Å²) in [4.78, 5) is 28.4. The largest absolute Gasteiger partial charge is 0.455 e. The molecule has 2 heterocycles. The van der Waals surface area contributed by atoms with Crippen LogP contribution < -0.4 is 9.62 Å². The number of piperazine rings is 1.